The molecule has 0 N–H and O–H groups in total. The molecule has 0 unspecified atom stereocenters. The number of aromatic nitrogens is 3. The second kappa shape index (κ2) is 7.47. The van der Waals surface area contributed by atoms with E-state index in [1.807, 2.05) is 0 Å². The first-order chi connectivity index (χ1) is 13.9. The van der Waals surface area contributed by atoms with Crippen LogP contribution in [0.15, 0.2) is 29.1 Å². The van der Waals surface area contributed by atoms with E-state index in [1.54, 1.807) is 18.2 Å². The SMILES string of the molecule is [2H]C([2H])([2H])C([2H])([2H])OP(=S)(OC([2H])([2H])C([2H])([2H])[2H])SCn1nnc2ccccc2c1=O. The molecule has 0 aliphatic rings. The molecule has 1 aromatic heterocycles. The number of hydrogen-bond acceptors (Lipinski definition) is 7. The fourth-order valence-electron chi connectivity index (χ4n) is 1.42. The van der Waals surface area contributed by atoms with Gasteiger partial charge in [-0.1, -0.05) is 17.3 Å². The van der Waals surface area contributed by atoms with Crippen molar-refractivity contribution in [3.05, 3.63) is 34.6 Å². The summed E-state index contributed by atoms with van der Waals surface area (Å²) in [5.74, 6) is -0.498. The number of rotatable bonds is 7. The molecule has 0 bridgehead atoms. The second-order valence-electron chi connectivity index (χ2n) is 3.50. The molecule has 0 spiro atoms. The molecule has 6 nitrogen and oxygen atoms in total. The van der Waals surface area contributed by atoms with Gasteiger partial charge < -0.3 is 9.05 Å². The smallest absolute Gasteiger partial charge is 0.278 e. The van der Waals surface area contributed by atoms with Crippen molar-refractivity contribution in [2.45, 2.75) is 19.6 Å². The van der Waals surface area contributed by atoms with Gasteiger partial charge >= 0.3 is 0 Å². The van der Waals surface area contributed by atoms with Crippen LogP contribution in [0.4, 0.5) is 0 Å². The topological polar surface area (TPSA) is 66.2 Å². The summed E-state index contributed by atoms with van der Waals surface area (Å²) in [4.78, 5) is 12.6. The summed E-state index contributed by atoms with van der Waals surface area (Å²) >= 11 is 5.41. The minimum atomic E-state index is -4.35. The maximum atomic E-state index is 12.6. The quantitative estimate of drug-likeness (QED) is 0.708. The third-order valence-electron chi connectivity index (χ3n) is 2.28. The normalized spacial score (nSPS) is 21.5. The zero-order chi connectivity index (χ0) is 23.9. The predicted molar refractivity (Wildman–Crippen MR) is 88.9 cm³/mol. The molecule has 0 aliphatic carbocycles. The Bertz CT molecular complexity index is 1030. The van der Waals surface area contributed by atoms with Crippen LogP contribution in [0.2, 0.25) is 0 Å². The third kappa shape index (κ3) is 4.11. The van der Waals surface area contributed by atoms with Crippen molar-refractivity contribution < 1.29 is 22.8 Å². The molecule has 0 saturated carbocycles. The van der Waals surface area contributed by atoms with Gasteiger partial charge in [-0.3, -0.25) is 4.79 Å². The highest BCUT2D eigenvalue weighted by atomic mass is 32.9. The van der Waals surface area contributed by atoms with Crippen LogP contribution < -0.4 is 5.56 Å². The van der Waals surface area contributed by atoms with Crippen LogP contribution in [0.25, 0.3) is 10.9 Å². The Kier molecular flexibility index (Phi) is 2.72. The van der Waals surface area contributed by atoms with Gasteiger partial charge in [0.05, 0.1) is 24.0 Å². The molecule has 0 fully saturated rings. The highest BCUT2D eigenvalue weighted by Crippen LogP contribution is 2.61. The standard InChI is InChI=1S/C12H16N3O3PS2/c1-3-17-19(20,18-4-2)21-9-15-12(16)10-7-5-6-8-11(10)13-14-15/h5-8H,3-4,9H2,1-2H3/i1D3,2D3,3D2,4D2. The maximum absolute atomic E-state index is 12.6. The molecule has 0 amide bonds. The largest absolute Gasteiger partial charge is 0.322 e. The molecule has 114 valence electrons. The summed E-state index contributed by atoms with van der Waals surface area (Å²) in [5, 5.41) is 7.72. The number of nitrogens with zero attached hydrogens (tertiary/aromatic N) is 3. The van der Waals surface area contributed by atoms with Crippen molar-refractivity contribution in [2.75, 3.05) is 13.1 Å². The molecule has 2 aromatic rings. The summed E-state index contributed by atoms with van der Waals surface area (Å²) in [7, 11) is 0. The van der Waals surface area contributed by atoms with Crippen molar-refractivity contribution in [3.8, 4) is 0 Å². The molecule has 9 heteroatoms. The molecular formula is C12H16N3O3PS2. The molecule has 0 radical (unpaired) electrons. The van der Waals surface area contributed by atoms with Crippen molar-refractivity contribution in [3.63, 3.8) is 0 Å². The molecule has 2 rings (SSSR count). The minimum absolute atomic E-state index is 0.198. The Balaban J connectivity index is 2.40. The van der Waals surface area contributed by atoms with Gasteiger partial charge in [0, 0.05) is 8.22 Å². The van der Waals surface area contributed by atoms with E-state index >= 15 is 0 Å². The number of fused-ring (bicyclic) bond motifs is 1. The van der Waals surface area contributed by atoms with E-state index in [2.05, 4.69) is 10.3 Å². The van der Waals surface area contributed by atoms with E-state index < -0.39 is 44.0 Å². The lowest BCUT2D eigenvalue weighted by molar-refractivity contribution is 0.280. The van der Waals surface area contributed by atoms with E-state index in [-0.39, 0.29) is 5.39 Å². The zero-order valence-corrected chi connectivity index (χ0v) is 12.9. The summed E-state index contributed by atoms with van der Waals surface area (Å²) in [6.45, 7) is -13.5. The van der Waals surface area contributed by atoms with Gasteiger partial charge in [-0.05, 0) is 49.0 Å². The van der Waals surface area contributed by atoms with E-state index in [9.17, 15) is 4.79 Å². The first-order valence-corrected chi connectivity index (χ1v) is 9.60. The summed E-state index contributed by atoms with van der Waals surface area (Å²) in [6, 6.07) is 6.27. The lowest BCUT2D eigenvalue weighted by atomic mass is 10.2. The molecule has 21 heavy (non-hydrogen) atoms. The third-order valence-corrected chi connectivity index (χ3v) is 6.73. The Hall–Kier alpha value is -0.790. The van der Waals surface area contributed by atoms with Crippen LogP contribution in [0.3, 0.4) is 0 Å². The minimum Gasteiger partial charge on any atom is -0.322 e. The van der Waals surface area contributed by atoms with Gasteiger partial charge in [0.15, 0.2) is 0 Å². The zero-order valence-electron chi connectivity index (χ0n) is 20.3. The van der Waals surface area contributed by atoms with E-state index in [1.165, 1.54) is 6.07 Å². The Morgan fingerprint density at radius 1 is 1.43 bits per heavy atom. The van der Waals surface area contributed by atoms with Gasteiger partial charge in [0.25, 0.3) is 5.56 Å². The molecule has 0 saturated heterocycles. The molecule has 1 aromatic carbocycles. The van der Waals surface area contributed by atoms with Gasteiger partial charge in [0.2, 0.25) is 5.69 Å². The van der Waals surface area contributed by atoms with Gasteiger partial charge in [-0.25, -0.2) is 0 Å². The van der Waals surface area contributed by atoms with Crippen LogP contribution >= 0.6 is 17.1 Å². The fourth-order valence-corrected chi connectivity index (χ4v) is 4.14. The van der Waals surface area contributed by atoms with Crippen LogP contribution in [0, 0.1) is 0 Å². The fraction of sp³-hybridized carbons (Fsp3) is 0.417. The van der Waals surface area contributed by atoms with Gasteiger partial charge in [-0.2, -0.15) is 4.68 Å². The van der Waals surface area contributed by atoms with Crippen molar-refractivity contribution >= 4 is 39.8 Å². The highest BCUT2D eigenvalue weighted by molar-refractivity contribution is 8.67. The average molecular weight is 355 g/mol. The van der Waals surface area contributed by atoms with Crippen LogP contribution in [-0.4, -0.2) is 28.1 Å². The Labute approximate surface area is 145 Å². The van der Waals surface area contributed by atoms with Gasteiger partial charge in [-0.15, -0.1) is 5.10 Å². The van der Waals surface area contributed by atoms with Crippen LogP contribution in [0.1, 0.15) is 27.4 Å². The predicted octanol–water partition coefficient (Wildman–Crippen LogP) is 2.78. The Morgan fingerprint density at radius 2 is 2.14 bits per heavy atom. The first kappa shape index (κ1) is 7.66. The van der Waals surface area contributed by atoms with Crippen LogP contribution in [0.5, 0.6) is 0 Å². The number of benzene rings is 1. The maximum Gasteiger partial charge on any atom is 0.278 e. The van der Waals surface area contributed by atoms with E-state index in [0.717, 1.165) is 4.68 Å². The molecule has 0 aliphatic heterocycles. The Morgan fingerprint density at radius 3 is 2.86 bits per heavy atom. The van der Waals surface area contributed by atoms with Crippen molar-refractivity contribution in [2.24, 2.45) is 0 Å². The van der Waals surface area contributed by atoms with Crippen molar-refractivity contribution in [1.29, 1.82) is 0 Å². The molecule has 1 heterocycles. The van der Waals surface area contributed by atoms with Crippen LogP contribution in [-0.2, 0) is 26.7 Å². The lowest BCUT2D eigenvalue weighted by Gasteiger charge is -2.19. The summed E-state index contributed by atoms with van der Waals surface area (Å²) < 4.78 is 84.5. The summed E-state index contributed by atoms with van der Waals surface area (Å²) in [5.41, 5.74) is -4.66. The monoisotopic (exact) mass is 355 g/mol. The first-order valence-electron chi connectivity index (χ1n) is 10.4. The van der Waals surface area contributed by atoms with Crippen molar-refractivity contribution in [1.82, 2.24) is 15.0 Å². The van der Waals surface area contributed by atoms with E-state index in [4.69, 9.17) is 34.6 Å². The average Bonchev–Trinajstić information content (AvgIpc) is 2.58. The van der Waals surface area contributed by atoms with E-state index in [0.29, 0.717) is 16.9 Å². The lowest BCUT2D eigenvalue weighted by Crippen LogP contribution is -2.23. The highest BCUT2D eigenvalue weighted by Gasteiger charge is 2.20. The second-order valence-corrected chi connectivity index (χ2v) is 9.63. The summed E-state index contributed by atoms with van der Waals surface area (Å²) in [6.07, 6.45) is 0. The van der Waals surface area contributed by atoms with Gasteiger partial charge in [0.1, 0.15) is 11.4 Å². The molecule has 0 atom stereocenters. The number of hydrogen-bond donors (Lipinski definition) is 0. The molecular weight excluding hydrogens is 329 g/mol.